The first-order valence-corrected chi connectivity index (χ1v) is 10.5. The molecule has 0 bridgehead atoms. The first-order valence-electron chi connectivity index (χ1n) is 10.1. The van der Waals surface area contributed by atoms with Crippen molar-refractivity contribution in [3.63, 3.8) is 0 Å². The predicted octanol–water partition coefficient (Wildman–Crippen LogP) is 5.72. The molecule has 0 aliphatic heterocycles. The van der Waals surface area contributed by atoms with Crippen molar-refractivity contribution in [1.82, 2.24) is 15.1 Å². The van der Waals surface area contributed by atoms with Crippen LogP contribution in [0, 0.1) is 5.82 Å². The normalized spacial score (nSPS) is 10.8. The molecule has 1 heterocycles. The summed E-state index contributed by atoms with van der Waals surface area (Å²) in [6.45, 7) is 0.350. The number of aromatic nitrogens is 2. The minimum atomic E-state index is -0.356. The molecule has 3 aromatic carbocycles. The van der Waals surface area contributed by atoms with E-state index in [4.69, 9.17) is 11.6 Å². The summed E-state index contributed by atoms with van der Waals surface area (Å²) in [5.74, 6) is -0.586. The Kier molecular flexibility index (Phi) is 6.52. The van der Waals surface area contributed by atoms with Crippen molar-refractivity contribution in [3.05, 3.63) is 101 Å². The fourth-order valence-electron chi connectivity index (χ4n) is 3.36. The Morgan fingerprint density at radius 3 is 2.53 bits per heavy atom. The predicted molar refractivity (Wildman–Crippen MR) is 121 cm³/mol. The van der Waals surface area contributed by atoms with Crippen LogP contribution in [0.15, 0.2) is 78.9 Å². The lowest BCUT2D eigenvalue weighted by atomic mass is 10.1. The van der Waals surface area contributed by atoms with Crippen LogP contribution in [0.5, 0.6) is 5.75 Å². The van der Waals surface area contributed by atoms with Crippen molar-refractivity contribution in [2.45, 2.75) is 19.4 Å². The molecule has 5 nitrogen and oxygen atoms in total. The molecule has 0 unspecified atom stereocenters. The lowest BCUT2D eigenvalue weighted by Crippen LogP contribution is -2.23. The zero-order chi connectivity index (χ0) is 22.5. The van der Waals surface area contributed by atoms with E-state index in [1.165, 1.54) is 24.3 Å². The van der Waals surface area contributed by atoms with Gasteiger partial charge in [0.15, 0.2) is 5.75 Å². The molecule has 0 aliphatic rings. The van der Waals surface area contributed by atoms with E-state index in [1.807, 2.05) is 24.3 Å². The number of hydrogen-bond acceptors (Lipinski definition) is 2. The minimum Gasteiger partial charge on any atom is -0.352 e. The lowest BCUT2D eigenvalue weighted by molar-refractivity contribution is -0.121. The molecule has 161 valence electrons. The van der Waals surface area contributed by atoms with Crippen molar-refractivity contribution >= 4 is 17.5 Å². The summed E-state index contributed by atoms with van der Waals surface area (Å²) in [6.07, 6.45) is 0.646. The van der Waals surface area contributed by atoms with Crippen LogP contribution in [0.2, 0.25) is 5.02 Å². The molecule has 0 saturated carbocycles. The van der Waals surface area contributed by atoms with Crippen LogP contribution in [-0.4, -0.2) is 15.7 Å². The standard InChI is InChI=1S/C25H20ClFN3O2/c26-23-7-2-1-4-18(23)16-28-25(32)13-8-20-15-24(17-5-3-6-19(27)14-17)30(29-20)21-9-11-22(31)12-10-21/h1-7,9-12,14-15H,8,13,16H2,(H,28,32). The van der Waals surface area contributed by atoms with Gasteiger partial charge in [0.1, 0.15) is 5.82 Å². The minimum absolute atomic E-state index is 0.108. The lowest BCUT2D eigenvalue weighted by Gasteiger charge is -2.07. The molecule has 0 aliphatic carbocycles. The third-order valence-corrected chi connectivity index (χ3v) is 5.37. The second kappa shape index (κ2) is 9.66. The highest BCUT2D eigenvalue weighted by Gasteiger charge is 2.14. The first kappa shape index (κ1) is 21.6. The molecule has 4 aromatic rings. The molecule has 0 fully saturated rings. The first-order chi connectivity index (χ1) is 15.5. The molecule has 1 aromatic heterocycles. The molecule has 4 rings (SSSR count). The number of nitrogens with zero attached hydrogens (tertiary/aromatic N) is 2. The van der Waals surface area contributed by atoms with Gasteiger partial charge in [0.05, 0.1) is 17.1 Å². The molecule has 0 atom stereocenters. The van der Waals surface area contributed by atoms with E-state index in [1.54, 1.807) is 35.0 Å². The fourth-order valence-corrected chi connectivity index (χ4v) is 3.56. The maximum absolute atomic E-state index is 13.8. The summed E-state index contributed by atoms with van der Waals surface area (Å²) >= 11 is 6.13. The van der Waals surface area contributed by atoms with Crippen LogP contribution in [0.4, 0.5) is 4.39 Å². The van der Waals surface area contributed by atoms with Crippen LogP contribution >= 0.6 is 11.6 Å². The molecular formula is C25H20ClFN3O2. The van der Waals surface area contributed by atoms with Crippen LogP contribution < -0.4 is 5.32 Å². The van der Waals surface area contributed by atoms with Crippen LogP contribution in [0.3, 0.4) is 0 Å². The van der Waals surface area contributed by atoms with Gasteiger partial charge in [-0.05, 0) is 54.1 Å². The Hall–Kier alpha value is -3.64. The van der Waals surface area contributed by atoms with Crippen molar-refractivity contribution in [3.8, 4) is 22.7 Å². The Bertz CT molecular complexity index is 1240. The van der Waals surface area contributed by atoms with Gasteiger partial charge in [0.25, 0.3) is 0 Å². The Morgan fingerprint density at radius 2 is 1.78 bits per heavy atom. The van der Waals surface area contributed by atoms with Crippen LogP contribution in [0.1, 0.15) is 17.7 Å². The monoisotopic (exact) mass is 448 g/mol. The van der Waals surface area contributed by atoms with Crippen molar-refractivity contribution in [2.75, 3.05) is 0 Å². The maximum atomic E-state index is 13.8. The van der Waals surface area contributed by atoms with E-state index < -0.39 is 0 Å². The van der Waals surface area contributed by atoms with Gasteiger partial charge >= 0.3 is 0 Å². The summed E-state index contributed by atoms with van der Waals surface area (Å²) in [6, 6.07) is 21.6. The third-order valence-electron chi connectivity index (χ3n) is 5.00. The zero-order valence-corrected chi connectivity index (χ0v) is 17.8. The molecule has 1 N–H and O–H groups in total. The van der Waals surface area contributed by atoms with Gasteiger partial charge in [-0.3, -0.25) is 9.90 Å². The number of benzene rings is 3. The number of nitrogens with one attached hydrogen (secondary N) is 1. The number of halogens is 2. The molecule has 0 saturated heterocycles. The molecular weight excluding hydrogens is 429 g/mol. The van der Waals surface area contributed by atoms with Gasteiger partial charge < -0.3 is 5.32 Å². The fraction of sp³-hybridized carbons (Fsp3) is 0.120. The average Bonchev–Trinajstić information content (AvgIpc) is 3.22. The van der Waals surface area contributed by atoms with E-state index in [0.717, 1.165) is 5.56 Å². The number of carbonyl (C=O) groups excluding carboxylic acids is 1. The van der Waals surface area contributed by atoms with E-state index in [0.29, 0.717) is 40.6 Å². The summed E-state index contributed by atoms with van der Waals surface area (Å²) in [4.78, 5) is 12.3. The summed E-state index contributed by atoms with van der Waals surface area (Å²) in [5, 5.41) is 19.6. The highest BCUT2D eigenvalue weighted by atomic mass is 35.5. The number of aryl methyl sites for hydroxylation is 1. The average molecular weight is 449 g/mol. The van der Waals surface area contributed by atoms with E-state index in [9.17, 15) is 14.3 Å². The highest BCUT2D eigenvalue weighted by molar-refractivity contribution is 6.31. The van der Waals surface area contributed by atoms with Gasteiger partial charge in [-0.25, -0.2) is 9.07 Å². The second-order valence-electron chi connectivity index (χ2n) is 7.31. The Morgan fingerprint density at radius 1 is 1.00 bits per heavy atom. The smallest absolute Gasteiger partial charge is 0.220 e. The van der Waals surface area contributed by atoms with Crippen LogP contribution in [-0.2, 0) is 22.9 Å². The van der Waals surface area contributed by atoms with Gasteiger partial charge in [0.2, 0.25) is 5.91 Å². The summed E-state index contributed by atoms with van der Waals surface area (Å²) in [7, 11) is 0. The quantitative estimate of drug-likeness (QED) is 0.392. The Labute approximate surface area is 190 Å². The van der Waals surface area contributed by atoms with E-state index in [2.05, 4.69) is 10.4 Å². The van der Waals surface area contributed by atoms with Crippen molar-refractivity contribution in [2.24, 2.45) is 0 Å². The summed E-state index contributed by atoms with van der Waals surface area (Å²) < 4.78 is 15.5. The highest BCUT2D eigenvalue weighted by Crippen LogP contribution is 2.26. The van der Waals surface area contributed by atoms with Crippen LogP contribution in [0.25, 0.3) is 16.9 Å². The molecule has 7 heteroatoms. The Balaban J connectivity index is 1.51. The summed E-state index contributed by atoms with van der Waals surface area (Å²) in [5.41, 5.74) is 3.54. The van der Waals surface area contributed by atoms with Gasteiger partial charge in [0, 0.05) is 30.0 Å². The molecule has 1 radical (unpaired) electrons. The van der Waals surface area contributed by atoms with E-state index >= 15 is 0 Å². The maximum Gasteiger partial charge on any atom is 0.220 e. The number of hydrogen-bond donors (Lipinski definition) is 1. The van der Waals surface area contributed by atoms with Gasteiger partial charge in [-0.15, -0.1) is 0 Å². The number of amides is 1. The SMILES string of the molecule is [O]c1ccc(-n2nc(CCC(=O)NCc3ccccc3Cl)cc2-c2cccc(F)c2)cc1. The van der Waals surface area contributed by atoms with Crippen molar-refractivity contribution < 1.29 is 14.3 Å². The largest absolute Gasteiger partial charge is 0.352 e. The van der Waals surface area contributed by atoms with E-state index in [-0.39, 0.29) is 23.9 Å². The number of carbonyl (C=O) groups is 1. The topological polar surface area (TPSA) is 66.8 Å². The molecule has 32 heavy (non-hydrogen) atoms. The molecule has 0 spiro atoms. The third kappa shape index (κ3) is 5.15. The molecule has 1 amide bonds. The second-order valence-corrected chi connectivity index (χ2v) is 7.71. The van der Waals surface area contributed by atoms with Crippen molar-refractivity contribution in [1.29, 1.82) is 0 Å². The van der Waals surface area contributed by atoms with Gasteiger partial charge in [-0.1, -0.05) is 41.9 Å². The van der Waals surface area contributed by atoms with Gasteiger partial charge in [-0.2, -0.15) is 5.10 Å². The number of rotatable bonds is 7. The zero-order valence-electron chi connectivity index (χ0n) is 17.1.